The highest BCUT2D eigenvalue weighted by Gasteiger charge is 2.39. The van der Waals surface area contributed by atoms with Crippen LogP contribution in [0.4, 0.5) is 0 Å². The lowest BCUT2D eigenvalue weighted by molar-refractivity contribution is -0.129. The zero-order chi connectivity index (χ0) is 68.5. The maximum atomic E-state index is 13.0. The first kappa shape index (κ1) is 92.8. The highest BCUT2D eigenvalue weighted by molar-refractivity contribution is 7.80. The van der Waals surface area contributed by atoms with Crippen molar-refractivity contribution >= 4 is 18.5 Å². The average Bonchev–Trinajstić information content (AvgIpc) is 1.69. The Balaban J connectivity index is 1.84. The fourth-order valence-corrected chi connectivity index (χ4v) is 16.6. The van der Waals surface area contributed by atoms with Crippen molar-refractivity contribution in [2.75, 3.05) is 19.4 Å². The molecule has 0 aliphatic heterocycles. The van der Waals surface area contributed by atoms with Crippen LogP contribution in [0.3, 0.4) is 0 Å². The number of methoxy groups -OCH3 is 1. The van der Waals surface area contributed by atoms with E-state index in [1.165, 1.54) is 449 Å². The lowest BCUT2D eigenvalue weighted by atomic mass is 9.90. The fraction of sp³-hybridized carbons (Fsp3) is 0.989. The minimum absolute atomic E-state index is 0.0440. The van der Waals surface area contributed by atoms with Gasteiger partial charge in [0.1, 0.15) is 0 Å². The quantitative estimate of drug-likeness (QED) is 0.0420. The summed E-state index contributed by atoms with van der Waals surface area (Å²) in [7, 11) is 1.96. The highest BCUT2D eigenvalue weighted by atomic mass is 32.1. The number of aliphatic hydroxyl groups is 1. The van der Waals surface area contributed by atoms with Gasteiger partial charge in [0.05, 0.1) is 18.1 Å². The molecule has 4 nitrogen and oxygen atoms in total. The number of carbonyl (C=O) groups is 1. The number of rotatable bonds is 83. The molecule has 0 spiro atoms. The van der Waals surface area contributed by atoms with Gasteiger partial charge in [-0.3, -0.25) is 4.79 Å². The predicted molar refractivity (Wildman–Crippen MR) is 430 cm³/mol. The molecule has 0 saturated heterocycles. The molecule has 568 valence electrons. The van der Waals surface area contributed by atoms with Crippen molar-refractivity contribution in [3.8, 4) is 0 Å². The predicted octanol–water partition coefficient (Wildman–Crippen LogP) is 30.8. The van der Waals surface area contributed by atoms with Crippen molar-refractivity contribution in [3.05, 3.63) is 0 Å². The van der Waals surface area contributed by atoms with E-state index in [-0.39, 0.29) is 11.8 Å². The third-order valence-electron chi connectivity index (χ3n) is 23.5. The summed E-state index contributed by atoms with van der Waals surface area (Å²) in [5.41, 5.74) is 0. The van der Waals surface area contributed by atoms with Gasteiger partial charge in [-0.1, -0.05) is 477 Å². The Morgan fingerprint density at radius 2 is 0.611 bits per heavy atom. The summed E-state index contributed by atoms with van der Waals surface area (Å²) in [6.07, 6.45) is 105. The summed E-state index contributed by atoms with van der Waals surface area (Å²) in [6.45, 7) is 10.2. The molecule has 1 unspecified atom stereocenters. The number of thiol groups is 1. The number of amides is 1. The van der Waals surface area contributed by atoms with E-state index in [1.54, 1.807) is 6.42 Å². The molecule has 0 heterocycles. The maximum Gasteiger partial charge on any atom is 0.225 e. The van der Waals surface area contributed by atoms with Crippen LogP contribution in [0.1, 0.15) is 509 Å². The van der Waals surface area contributed by atoms with E-state index in [1.807, 2.05) is 7.11 Å². The molecule has 95 heavy (non-hydrogen) atoms. The Morgan fingerprint density at radius 3 is 0.905 bits per heavy atom. The number of ether oxygens (including phenoxy) is 1. The van der Waals surface area contributed by atoms with Crippen molar-refractivity contribution in [1.82, 2.24) is 5.32 Å². The van der Waals surface area contributed by atoms with Crippen LogP contribution in [0.2, 0.25) is 0 Å². The molecule has 5 heteroatoms. The van der Waals surface area contributed by atoms with Crippen molar-refractivity contribution in [2.45, 2.75) is 521 Å². The molecule has 0 aromatic heterocycles. The summed E-state index contributed by atoms with van der Waals surface area (Å²) in [5, 5.41) is 14.2. The number of carbonyl (C=O) groups excluding carboxylic acids is 1. The van der Waals surface area contributed by atoms with Crippen LogP contribution < -0.4 is 5.32 Å². The van der Waals surface area contributed by atoms with Crippen molar-refractivity contribution in [2.24, 2.45) is 29.6 Å². The third kappa shape index (κ3) is 65.5. The average molecular weight is 1360 g/mol. The van der Waals surface area contributed by atoms with Crippen LogP contribution in [0.15, 0.2) is 0 Å². The van der Waals surface area contributed by atoms with E-state index in [4.69, 9.17) is 4.74 Å². The first-order valence-corrected chi connectivity index (χ1v) is 45.6. The molecule has 1 aliphatic rings. The van der Waals surface area contributed by atoms with Gasteiger partial charge in [0, 0.05) is 19.4 Å². The van der Waals surface area contributed by atoms with Crippen LogP contribution in [0, 0.1) is 29.6 Å². The van der Waals surface area contributed by atoms with E-state index >= 15 is 0 Å². The second-order valence-corrected chi connectivity index (χ2v) is 33.1. The molecule has 7 atom stereocenters. The first-order chi connectivity index (χ1) is 46.9. The molecule has 1 rings (SSSR count). The molecule has 2 N–H and O–H groups in total. The SMILES string of the molecule is CCCCCCCCCCCCCCCCCCCCCCCC[C@@H](C(=O)NCCS)[C@H](O)CCCCCCCCCCCCCCCCCC[C@@H]1CC1[C@@H](C)CCCCCCCCCCCCCCCC[C@H](OC)[C@@H](C)CCCCCCCCCCCCCCCCCC. The Morgan fingerprint density at radius 1 is 0.358 bits per heavy atom. The Kier molecular flexibility index (Phi) is 74.6. The van der Waals surface area contributed by atoms with E-state index < -0.39 is 6.10 Å². The van der Waals surface area contributed by atoms with Crippen molar-refractivity contribution < 1.29 is 14.6 Å². The number of nitrogens with one attached hydrogen (secondary N) is 1. The summed E-state index contributed by atoms with van der Waals surface area (Å²) < 4.78 is 5.99. The topological polar surface area (TPSA) is 58.6 Å². The monoisotopic (exact) mass is 1350 g/mol. The molecule has 1 aliphatic carbocycles. The van der Waals surface area contributed by atoms with Crippen LogP contribution in [-0.4, -0.2) is 42.6 Å². The third-order valence-corrected chi connectivity index (χ3v) is 23.7. The molecular weight excluding hydrogens is 1180 g/mol. The van der Waals surface area contributed by atoms with E-state index in [2.05, 4.69) is 45.6 Å². The van der Waals surface area contributed by atoms with E-state index in [0.29, 0.717) is 24.3 Å². The fourth-order valence-electron chi connectivity index (χ4n) is 16.5. The maximum absolute atomic E-state index is 13.0. The summed E-state index contributed by atoms with van der Waals surface area (Å²) in [4.78, 5) is 13.0. The highest BCUT2D eigenvalue weighted by Crippen LogP contribution is 2.49. The largest absolute Gasteiger partial charge is 0.392 e. The summed E-state index contributed by atoms with van der Waals surface area (Å²) in [6, 6.07) is 0. The second kappa shape index (κ2) is 76.4. The van der Waals surface area contributed by atoms with Gasteiger partial charge in [0.2, 0.25) is 5.91 Å². The Labute approximate surface area is 605 Å². The van der Waals surface area contributed by atoms with Crippen LogP contribution in [-0.2, 0) is 9.53 Å². The second-order valence-electron chi connectivity index (χ2n) is 32.6. The number of hydrogen-bond donors (Lipinski definition) is 3. The van der Waals surface area contributed by atoms with E-state index in [0.717, 1.165) is 43.4 Å². The zero-order valence-electron chi connectivity index (χ0n) is 66.2. The Hall–Kier alpha value is -0.260. The Bertz CT molecular complexity index is 1460. The van der Waals surface area contributed by atoms with Gasteiger partial charge in [0.15, 0.2) is 0 Å². The number of unbranched alkanes of at least 4 members (excludes halogenated alkanes) is 64. The lowest BCUT2D eigenvalue weighted by Gasteiger charge is -2.22. The van der Waals surface area contributed by atoms with Gasteiger partial charge in [-0.05, 0) is 55.8 Å². The van der Waals surface area contributed by atoms with Crippen molar-refractivity contribution in [3.63, 3.8) is 0 Å². The van der Waals surface area contributed by atoms with E-state index in [9.17, 15) is 9.90 Å². The van der Waals surface area contributed by atoms with Gasteiger partial charge < -0.3 is 15.2 Å². The van der Waals surface area contributed by atoms with Gasteiger partial charge in [-0.15, -0.1) is 0 Å². The molecule has 0 radical (unpaired) electrons. The zero-order valence-corrected chi connectivity index (χ0v) is 67.1. The first-order valence-electron chi connectivity index (χ1n) is 45.0. The molecule has 0 bridgehead atoms. The van der Waals surface area contributed by atoms with Crippen LogP contribution in [0.25, 0.3) is 0 Å². The minimum atomic E-state index is -0.515. The van der Waals surface area contributed by atoms with Gasteiger partial charge in [-0.25, -0.2) is 0 Å². The van der Waals surface area contributed by atoms with Crippen LogP contribution in [0.5, 0.6) is 0 Å². The molecule has 0 aromatic rings. The number of hydrogen-bond acceptors (Lipinski definition) is 4. The van der Waals surface area contributed by atoms with Crippen molar-refractivity contribution in [1.29, 1.82) is 0 Å². The molecule has 1 amide bonds. The smallest absolute Gasteiger partial charge is 0.225 e. The lowest BCUT2D eigenvalue weighted by Crippen LogP contribution is -2.38. The summed E-state index contributed by atoms with van der Waals surface area (Å²) in [5.74, 6) is 4.24. The summed E-state index contributed by atoms with van der Waals surface area (Å²) >= 11 is 4.31. The molecular formula is C90H179NO3S. The molecule has 1 fully saturated rings. The number of aliphatic hydroxyl groups excluding tert-OH is 1. The van der Waals surface area contributed by atoms with Gasteiger partial charge in [-0.2, -0.15) is 12.6 Å². The van der Waals surface area contributed by atoms with Gasteiger partial charge >= 0.3 is 0 Å². The van der Waals surface area contributed by atoms with Gasteiger partial charge in [0.25, 0.3) is 0 Å². The minimum Gasteiger partial charge on any atom is -0.392 e. The molecule has 0 aromatic carbocycles. The molecule has 1 saturated carbocycles. The normalized spacial score (nSPS) is 15.6. The standard InChI is InChI=1S/C90H179NO3S/c1-6-8-10-12-14-16-18-20-22-24-25-26-27-28-29-34-41-47-53-59-65-71-77-86(90(93)91-80-81-95)88(92)78-72-66-60-54-48-42-35-31-30-33-40-46-52-58-64-70-76-85-82-87(85)83(3)74-68-62-56-50-44-38-36-37-43-49-55-61-67-73-79-89(94-5)84(4)75-69-63-57-51-45-39-32-23-21-19-17-15-13-11-9-7-2/h83-89,92,95H,6-82H2,1-5H3,(H,91,93)/t83-,84-,85+,86+,87?,88+,89-/m0/s1. The van der Waals surface area contributed by atoms with Crippen LogP contribution >= 0.6 is 12.6 Å².